The average molecular weight is 830 g/mol. The third-order valence-electron chi connectivity index (χ3n) is 10.3. The van der Waals surface area contributed by atoms with Gasteiger partial charge in [0.05, 0.1) is 54.6 Å². The highest BCUT2D eigenvalue weighted by atomic mass is 35.5. The molecular weight excluding hydrogens is 783 g/mol. The van der Waals surface area contributed by atoms with E-state index in [-0.39, 0.29) is 42.6 Å². The summed E-state index contributed by atoms with van der Waals surface area (Å²) in [5.41, 5.74) is 4.51. The topological polar surface area (TPSA) is 157 Å². The predicted octanol–water partition coefficient (Wildman–Crippen LogP) is 6.52. The van der Waals surface area contributed by atoms with Crippen LogP contribution >= 0.6 is 23.2 Å². The van der Waals surface area contributed by atoms with Gasteiger partial charge in [-0.05, 0) is 57.0 Å². The number of ether oxygens (including phenoxy) is 3. The van der Waals surface area contributed by atoms with Crippen LogP contribution in [-0.4, -0.2) is 88.0 Å². The van der Waals surface area contributed by atoms with Crippen molar-refractivity contribution in [2.75, 3.05) is 40.0 Å². The Morgan fingerprint density at radius 3 is 2.38 bits per heavy atom. The molecule has 5 aromatic rings. The van der Waals surface area contributed by atoms with Crippen LogP contribution in [0.4, 0.5) is 4.79 Å². The molecule has 7 rings (SSSR count). The van der Waals surface area contributed by atoms with Crippen molar-refractivity contribution in [2.24, 2.45) is 5.41 Å². The zero-order valence-corrected chi connectivity index (χ0v) is 34.3. The fourth-order valence-corrected chi connectivity index (χ4v) is 7.80. The van der Waals surface area contributed by atoms with Gasteiger partial charge in [-0.1, -0.05) is 59.6 Å². The number of aliphatic hydroxyl groups excluding tert-OH is 1. The van der Waals surface area contributed by atoms with Crippen molar-refractivity contribution in [3.05, 3.63) is 105 Å². The number of fused-ring (bicyclic) bond motifs is 1. The van der Waals surface area contributed by atoms with Crippen LogP contribution in [0, 0.1) is 5.41 Å². The van der Waals surface area contributed by atoms with Crippen molar-refractivity contribution in [2.45, 2.75) is 58.3 Å². The van der Waals surface area contributed by atoms with E-state index in [1.807, 2.05) is 60.7 Å². The molecule has 0 unspecified atom stereocenters. The molecule has 15 heteroatoms. The van der Waals surface area contributed by atoms with Crippen LogP contribution in [0.25, 0.3) is 39.2 Å². The maximum Gasteiger partial charge on any atom is 0.410 e. The number of rotatable bonds is 13. The summed E-state index contributed by atoms with van der Waals surface area (Å²) >= 11 is 14.3. The number of methoxy groups -OCH3 is 1. The number of benzene rings is 2. The van der Waals surface area contributed by atoms with Gasteiger partial charge in [-0.15, -0.1) is 0 Å². The summed E-state index contributed by atoms with van der Waals surface area (Å²) < 4.78 is 18.2. The van der Waals surface area contributed by atoms with Crippen LogP contribution in [0.2, 0.25) is 10.0 Å². The molecule has 2 aliphatic rings. The summed E-state index contributed by atoms with van der Waals surface area (Å²) in [6.45, 7) is 7.67. The number of halogens is 2. The van der Waals surface area contributed by atoms with Crippen LogP contribution in [0.15, 0.2) is 77.9 Å². The van der Waals surface area contributed by atoms with Gasteiger partial charge in [-0.2, -0.15) is 0 Å². The molecule has 2 aliphatic heterocycles. The van der Waals surface area contributed by atoms with Gasteiger partial charge in [-0.3, -0.25) is 14.0 Å². The van der Waals surface area contributed by atoms with Gasteiger partial charge in [0.15, 0.2) is 0 Å². The summed E-state index contributed by atoms with van der Waals surface area (Å²) in [5, 5.41) is 16.8. The van der Waals surface area contributed by atoms with Crippen molar-refractivity contribution < 1.29 is 28.9 Å². The highest BCUT2D eigenvalue weighted by Crippen LogP contribution is 2.42. The molecule has 0 spiro atoms. The number of nitrogens with one attached hydrogen (secondary N) is 2. The van der Waals surface area contributed by atoms with Crippen LogP contribution in [0.3, 0.4) is 0 Å². The standard InChI is InChI=1S/C43H46Cl2N6O7/c1-42(2,3)58-41(55)50(21-29-12-14-36(53)48-29)20-27-11-13-34(49-39(27)56-4)33-10-6-9-32(38(33)45)31-8-5-7-30(37(31)44)26-15-16-51-35(17-26)47-19-28(40(51)54)18-46-22-43(23-52)24-57-25-43/h5-11,13,15-17,19,29,46,52H,12,14,18,20-25H2,1-4H3,(H,48,53)/t29-/m0/s1. The number of nitrogens with zero attached hydrogens (tertiary/aromatic N) is 4. The molecule has 304 valence electrons. The summed E-state index contributed by atoms with van der Waals surface area (Å²) in [4.78, 5) is 49.5. The zero-order chi connectivity index (χ0) is 41.2. The Labute approximate surface area is 346 Å². The van der Waals surface area contributed by atoms with Gasteiger partial charge in [0.25, 0.3) is 5.56 Å². The van der Waals surface area contributed by atoms with Crippen LogP contribution in [-0.2, 0) is 27.4 Å². The number of aromatic nitrogens is 3. The lowest BCUT2D eigenvalue weighted by Crippen LogP contribution is -2.52. The fourth-order valence-electron chi connectivity index (χ4n) is 7.14. The Morgan fingerprint density at radius 2 is 1.74 bits per heavy atom. The largest absolute Gasteiger partial charge is 0.481 e. The van der Waals surface area contributed by atoms with E-state index in [1.54, 1.807) is 38.1 Å². The molecule has 0 bridgehead atoms. The molecule has 0 radical (unpaired) electrons. The highest BCUT2D eigenvalue weighted by molar-refractivity contribution is 6.39. The number of aliphatic hydroxyl groups is 1. The first-order valence-electron chi connectivity index (χ1n) is 19.1. The summed E-state index contributed by atoms with van der Waals surface area (Å²) in [6, 6.07) is 18.5. The smallest absolute Gasteiger partial charge is 0.410 e. The van der Waals surface area contributed by atoms with Crippen molar-refractivity contribution in [3.63, 3.8) is 0 Å². The molecule has 3 N–H and O–H groups in total. The van der Waals surface area contributed by atoms with Gasteiger partial charge < -0.3 is 34.9 Å². The summed E-state index contributed by atoms with van der Waals surface area (Å²) in [5.74, 6) is 0.274. The Bertz CT molecular complexity index is 2410. The van der Waals surface area contributed by atoms with Crippen LogP contribution < -0.4 is 20.9 Å². The van der Waals surface area contributed by atoms with Crippen molar-refractivity contribution in [3.8, 4) is 39.4 Å². The molecule has 0 saturated carbocycles. The third kappa shape index (κ3) is 8.84. The van der Waals surface area contributed by atoms with Gasteiger partial charge >= 0.3 is 6.09 Å². The second kappa shape index (κ2) is 17.0. The van der Waals surface area contributed by atoms with E-state index in [4.69, 9.17) is 42.4 Å². The summed E-state index contributed by atoms with van der Waals surface area (Å²) in [6.07, 6.45) is 3.80. The molecule has 0 aliphatic carbocycles. The second-order valence-electron chi connectivity index (χ2n) is 15.8. The molecule has 2 amide bonds. The molecule has 1 atom stereocenters. The number of pyridine rings is 2. The van der Waals surface area contributed by atoms with Crippen molar-refractivity contribution in [1.82, 2.24) is 29.9 Å². The minimum Gasteiger partial charge on any atom is -0.481 e. The van der Waals surface area contributed by atoms with E-state index < -0.39 is 11.7 Å². The number of carbonyl (C=O) groups excluding carboxylic acids is 2. The Kier molecular flexibility index (Phi) is 12.1. The fraction of sp³-hybridized carbons (Fsp3) is 0.372. The monoisotopic (exact) mass is 828 g/mol. The Hall–Kier alpha value is -5.05. The van der Waals surface area contributed by atoms with E-state index >= 15 is 0 Å². The first-order valence-corrected chi connectivity index (χ1v) is 19.8. The highest BCUT2D eigenvalue weighted by Gasteiger charge is 2.37. The van der Waals surface area contributed by atoms with E-state index in [0.717, 1.165) is 11.1 Å². The van der Waals surface area contributed by atoms with Gasteiger partial charge in [0.2, 0.25) is 11.8 Å². The zero-order valence-electron chi connectivity index (χ0n) is 32.8. The van der Waals surface area contributed by atoms with Gasteiger partial charge in [0, 0.05) is 77.9 Å². The molecule has 13 nitrogen and oxygen atoms in total. The lowest BCUT2D eigenvalue weighted by atomic mass is 9.87. The minimum atomic E-state index is -0.710. The Morgan fingerprint density at radius 1 is 1.03 bits per heavy atom. The second-order valence-corrected chi connectivity index (χ2v) is 16.6. The number of hydrogen-bond acceptors (Lipinski definition) is 10. The molecule has 2 fully saturated rings. The van der Waals surface area contributed by atoms with E-state index in [2.05, 4.69) is 15.6 Å². The van der Waals surface area contributed by atoms with E-state index in [9.17, 15) is 19.5 Å². The average Bonchev–Trinajstić information content (AvgIpc) is 3.60. The minimum absolute atomic E-state index is 0.0176. The summed E-state index contributed by atoms with van der Waals surface area (Å²) in [7, 11) is 1.52. The number of amides is 2. The lowest BCUT2D eigenvalue weighted by Gasteiger charge is -2.40. The molecule has 2 aromatic carbocycles. The molecule has 3 aromatic heterocycles. The maximum atomic E-state index is 13.4. The molecular formula is C43H46Cl2N6O7. The van der Waals surface area contributed by atoms with Crippen LogP contribution in [0.1, 0.15) is 44.7 Å². The first kappa shape index (κ1) is 41.1. The van der Waals surface area contributed by atoms with Gasteiger partial charge in [-0.25, -0.2) is 14.8 Å². The first-order chi connectivity index (χ1) is 27.8. The third-order valence-corrected chi connectivity index (χ3v) is 11.1. The molecule has 2 saturated heterocycles. The SMILES string of the molecule is COc1nc(-c2cccc(-c3cccc(-c4ccn5c(=O)c(CNCC6(CO)COC6)cnc5c4)c3Cl)c2Cl)ccc1CN(C[C@@H]1CCC(=O)N1)C(=O)OC(C)(C)C. The molecule has 5 heterocycles. The molecule has 58 heavy (non-hydrogen) atoms. The normalized spacial score (nSPS) is 16.2. The van der Waals surface area contributed by atoms with Gasteiger partial charge in [0.1, 0.15) is 11.2 Å². The van der Waals surface area contributed by atoms with Crippen molar-refractivity contribution >= 4 is 40.8 Å². The van der Waals surface area contributed by atoms with Crippen molar-refractivity contribution in [1.29, 1.82) is 0 Å². The maximum absolute atomic E-state index is 13.4. The van der Waals surface area contributed by atoms with E-state index in [0.29, 0.717) is 94.2 Å². The van der Waals surface area contributed by atoms with Crippen LogP contribution in [0.5, 0.6) is 5.88 Å². The lowest BCUT2D eigenvalue weighted by molar-refractivity contribution is -0.134. The quantitative estimate of drug-likeness (QED) is 0.119. The Balaban J connectivity index is 1.13. The predicted molar refractivity (Wildman–Crippen MR) is 222 cm³/mol. The number of hydrogen-bond donors (Lipinski definition) is 3. The van der Waals surface area contributed by atoms with E-state index in [1.165, 1.54) is 11.5 Å². The number of carbonyl (C=O) groups is 2.